The molecular formula is C19H18Cl2N2O5S. The molecule has 0 aromatic heterocycles. The van der Waals surface area contributed by atoms with Crippen LogP contribution in [0.4, 0.5) is 5.69 Å². The van der Waals surface area contributed by atoms with Crippen molar-refractivity contribution < 1.29 is 22.7 Å². The first-order valence-electron chi connectivity index (χ1n) is 8.79. The van der Waals surface area contributed by atoms with Gasteiger partial charge in [-0.1, -0.05) is 29.3 Å². The number of nitrogens with one attached hydrogen (secondary N) is 1. The number of carbonyl (C=O) groups is 2. The van der Waals surface area contributed by atoms with Crippen molar-refractivity contribution in [2.45, 2.75) is 17.7 Å². The third-order valence-electron chi connectivity index (χ3n) is 4.25. The predicted molar refractivity (Wildman–Crippen MR) is 110 cm³/mol. The van der Waals surface area contributed by atoms with Crippen molar-refractivity contribution in [1.82, 2.24) is 4.31 Å². The van der Waals surface area contributed by atoms with E-state index in [1.165, 1.54) is 34.6 Å². The Hall–Kier alpha value is -2.13. The van der Waals surface area contributed by atoms with Crippen molar-refractivity contribution in [1.29, 1.82) is 0 Å². The third-order valence-corrected chi connectivity index (χ3v) is 6.58. The van der Waals surface area contributed by atoms with Crippen LogP contribution in [0.5, 0.6) is 0 Å². The first kappa shape index (κ1) is 21.6. The van der Waals surface area contributed by atoms with Gasteiger partial charge in [0.05, 0.1) is 10.5 Å². The Labute approximate surface area is 178 Å². The van der Waals surface area contributed by atoms with Crippen molar-refractivity contribution in [3.05, 3.63) is 58.1 Å². The van der Waals surface area contributed by atoms with E-state index >= 15 is 0 Å². The standard InChI is InChI=1S/C19H18Cl2N2O5S/c20-14-8-13(9-15(21)10-14)19(25)28-12-18(24)22-16-4-3-5-17(11-16)29(26,27)23-6-1-2-7-23/h3-5,8-11H,1-2,6-7,12H2,(H,22,24). The summed E-state index contributed by atoms with van der Waals surface area (Å²) in [5.74, 6) is -1.36. The number of hydrogen-bond donors (Lipinski definition) is 1. The highest BCUT2D eigenvalue weighted by atomic mass is 35.5. The lowest BCUT2D eigenvalue weighted by atomic mass is 10.2. The highest BCUT2D eigenvalue weighted by Gasteiger charge is 2.27. The van der Waals surface area contributed by atoms with Gasteiger partial charge in [0.15, 0.2) is 6.61 Å². The topological polar surface area (TPSA) is 92.8 Å². The molecule has 0 radical (unpaired) electrons. The van der Waals surface area contributed by atoms with Crippen molar-refractivity contribution >= 4 is 50.8 Å². The first-order valence-corrected chi connectivity index (χ1v) is 11.0. The zero-order chi connectivity index (χ0) is 21.0. The third kappa shape index (κ3) is 5.48. The zero-order valence-corrected chi connectivity index (χ0v) is 17.6. The maximum Gasteiger partial charge on any atom is 0.338 e. The summed E-state index contributed by atoms with van der Waals surface area (Å²) in [5.41, 5.74) is 0.408. The average molecular weight is 457 g/mol. The summed E-state index contributed by atoms with van der Waals surface area (Å²) in [5, 5.41) is 3.06. The van der Waals surface area contributed by atoms with Gasteiger partial charge in [-0.2, -0.15) is 4.31 Å². The van der Waals surface area contributed by atoms with Crippen LogP contribution >= 0.6 is 23.2 Å². The molecule has 1 fully saturated rings. The molecule has 10 heteroatoms. The van der Waals surface area contributed by atoms with Crippen molar-refractivity contribution in [3.8, 4) is 0 Å². The lowest BCUT2D eigenvalue weighted by Crippen LogP contribution is -2.28. The Bertz CT molecular complexity index is 1020. The fraction of sp³-hybridized carbons (Fsp3) is 0.263. The van der Waals surface area contributed by atoms with E-state index in [-0.39, 0.29) is 26.2 Å². The minimum Gasteiger partial charge on any atom is -0.452 e. The minimum atomic E-state index is -3.60. The first-order chi connectivity index (χ1) is 13.8. The summed E-state index contributed by atoms with van der Waals surface area (Å²) >= 11 is 11.7. The summed E-state index contributed by atoms with van der Waals surface area (Å²) in [7, 11) is -3.60. The normalized spacial score (nSPS) is 14.6. The molecule has 29 heavy (non-hydrogen) atoms. The molecule has 7 nitrogen and oxygen atoms in total. The lowest BCUT2D eigenvalue weighted by Gasteiger charge is -2.16. The minimum absolute atomic E-state index is 0.0998. The van der Waals surface area contributed by atoms with Crippen molar-refractivity contribution in [2.24, 2.45) is 0 Å². The van der Waals surface area contributed by atoms with E-state index in [1.54, 1.807) is 12.1 Å². The van der Waals surface area contributed by atoms with E-state index in [0.717, 1.165) is 12.8 Å². The van der Waals surface area contributed by atoms with Crippen LogP contribution in [-0.2, 0) is 19.6 Å². The van der Waals surface area contributed by atoms with Gasteiger partial charge in [0.25, 0.3) is 5.91 Å². The fourth-order valence-electron chi connectivity index (χ4n) is 2.90. The molecule has 1 N–H and O–H groups in total. The summed E-state index contributed by atoms with van der Waals surface area (Å²) in [4.78, 5) is 24.2. The van der Waals surface area contributed by atoms with E-state index in [4.69, 9.17) is 27.9 Å². The number of benzene rings is 2. The summed E-state index contributed by atoms with van der Waals surface area (Å²) in [6.45, 7) is 0.427. The van der Waals surface area contributed by atoms with Crippen LogP contribution in [0.15, 0.2) is 47.4 Å². The number of esters is 1. The Morgan fingerprint density at radius 3 is 2.34 bits per heavy atom. The number of sulfonamides is 1. The molecule has 2 aromatic carbocycles. The molecular weight excluding hydrogens is 439 g/mol. The molecule has 154 valence electrons. The van der Waals surface area contributed by atoms with Crippen LogP contribution in [0.25, 0.3) is 0 Å². The number of carbonyl (C=O) groups excluding carboxylic acids is 2. The lowest BCUT2D eigenvalue weighted by molar-refractivity contribution is -0.119. The molecule has 0 spiro atoms. The summed E-state index contributed by atoms with van der Waals surface area (Å²) in [6, 6.07) is 10.2. The molecule has 0 saturated carbocycles. The molecule has 0 aliphatic carbocycles. The van der Waals surface area contributed by atoms with Crippen molar-refractivity contribution in [3.63, 3.8) is 0 Å². The van der Waals surface area contributed by atoms with Crippen LogP contribution in [-0.4, -0.2) is 44.3 Å². The predicted octanol–water partition coefficient (Wildman–Crippen LogP) is 3.57. The number of anilines is 1. The van der Waals surface area contributed by atoms with Gasteiger partial charge in [0.2, 0.25) is 10.0 Å². The van der Waals surface area contributed by atoms with Crippen LogP contribution < -0.4 is 5.32 Å². The van der Waals surface area contributed by atoms with Crippen molar-refractivity contribution in [2.75, 3.05) is 25.0 Å². The fourth-order valence-corrected chi connectivity index (χ4v) is 4.98. The second-order valence-corrected chi connectivity index (χ2v) is 9.23. The van der Waals surface area contributed by atoms with E-state index < -0.39 is 28.5 Å². The number of ether oxygens (including phenoxy) is 1. The number of amides is 1. The quantitative estimate of drug-likeness (QED) is 0.670. The van der Waals surface area contributed by atoms with Crippen LogP contribution in [0.3, 0.4) is 0 Å². The number of nitrogens with zero attached hydrogens (tertiary/aromatic N) is 1. The number of halogens is 2. The van der Waals surface area contributed by atoms with Gasteiger partial charge < -0.3 is 10.1 Å². The van der Waals surface area contributed by atoms with E-state index in [1.807, 2.05) is 0 Å². The Balaban J connectivity index is 1.61. The van der Waals surface area contributed by atoms with Crippen LogP contribution in [0.1, 0.15) is 23.2 Å². The number of hydrogen-bond acceptors (Lipinski definition) is 5. The smallest absolute Gasteiger partial charge is 0.338 e. The maximum absolute atomic E-state index is 12.6. The molecule has 0 atom stereocenters. The van der Waals surface area contributed by atoms with Gasteiger partial charge in [0.1, 0.15) is 0 Å². The maximum atomic E-state index is 12.6. The zero-order valence-electron chi connectivity index (χ0n) is 15.2. The molecule has 1 saturated heterocycles. The Morgan fingerprint density at radius 2 is 1.69 bits per heavy atom. The van der Waals surface area contributed by atoms with Gasteiger partial charge in [-0.05, 0) is 49.2 Å². The molecule has 0 bridgehead atoms. The highest BCUT2D eigenvalue weighted by molar-refractivity contribution is 7.89. The molecule has 3 rings (SSSR count). The van der Waals surface area contributed by atoms with E-state index in [2.05, 4.69) is 5.32 Å². The van der Waals surface area contributed by atoms with Crippen LogP contribution in [0.2, 0.25) is 10.0 Å². The number of rotatable bonds is 6. The Morgan fingerprint density at radius 1 is 1.03 bits per heavy atom. The van der Waals surface area contributed by atoms with Gasteiger partial charge in [-0.25, -0.2) is 13.2 Å². The summed E-state index contributed by atoms with van der Waals surface area (Å²) in [6.07, 6.45) is 1.66. The monoisotopic (exact) mass is 456 g/mol. The second kappa shape index (κ2) is 9.13. The van der Waals surface area contributed by atoms with Gasteiger partial charge >= 0.3 is 5.97 Å². The van der Waals surface area contributed by atoms with E-state index in [0.29, 0.717) is 13.1 Å². The molecule has 1 aliphatic rings. The van der Waals surface area contributed by atoms with Gasteiger partial charge in [-0.15, -0.1) is 0 Å². The summed E-state index contributed by atoms with van der Waals surface area (Å²) < 4.78 is 31.6. The largest absolute Gasteiger partial charge is 0.452 e. The average Bonchev–Trinajstić information content (AvgIpc) is 3.21. The molecule has 2 aromatic rings. The Kier molecular flexibility index (Phi) is 6.79. The molecule has 1 heterocycles. The molecule has 1 aliphatic heterocycles. The van der Waals surface area contributed by atoms with E-state index in [9.17, 15) is 18.0 Å². The molecule has 1 amide bonds. The van der Waals surface area contributed by atoms with Gasteiger partial charge in [0, 0.05) is 28.8 Å². The highest BCUT2D eigenvalue weighted by Crippen LogP contribution is 2.23. The second-order valence-electron chi connectivity index (χ2n) is 6.42. The van der Waals surface area contributed by atoms with Crippen LogP contribution in [0, 0.1) is 0 Å². The molecule has 0 unspecified atom stereocenters. The SMILES string of the molecule is O=C(COC(=O)c1cc(Cl)cc(Cl)c1)Nc1cccc(S(=O)(=O)N2CCCC2)c1. The van der Waals surface area contributed by atoms with Gasteiger partial charge in [-0.3, -0.25) is 4.79 Å².